The van der Waals surface area contributed by atoms with Crippen molar-refractivity contribution in [1.82, 2.24) is 9.80 Å². The molecule has 124 valence electrons. The molecular weight excluding hydrogens is 314 g/mol. The first-order chi connectivity index (χ1) is 11.0. The zero-order valence-electron chi connectivity index (χ0n) is 13.6. The third kappa shape index (κ3) is 3.13. The summed E-state index contributed by atoms with van der Waals surface area (Å²) in [6.45, 7) is 8.63. The van der Waals surface area contributed by atoms with Gasteiger partial charge in [0.2, 0.25) is 5.91 Å². The van der Waals surface area contributed by atoms with Crippen molar-refractivity contribution in [2.24, 2.45) is 0 Å². The lowest BCUT2D eigenvalue weighted by molar-refractivity contribution is -0.123. The van der Waals surface area contributed by atoms with E-state index >= 15 is 0 Å². The molecule has 0 bridgehead atoms. The Morgan fingerprint density at radius 3 is 2.48 bits per heavy atom. The maximum absolute atomic E-state index is 12.8. The molecule has 5 nitrogen and oxygen atoms in total. The van der Waals surface area contributed by atoms with Crippen molar-refractivity contribution in [2.45, 2.75) is 26.3 Å². The van der Waals surface area contributed by atoms with Crippen LogP contribution in [0.3, 0.4) is 0 Å². The van der Waals surface area contributed by atoms with Crippen LogP contribution in [0.2, 0.25) is 5.02 Å². The first-order valence-corrected chi connectivity index (χ1v) is 8.48. The number of carbonyl (C=O) groups excluding carboxylic acids is 2. The molecule has 1 aromatic carbocycles. The van der Waals surface area contributed by atoms with Crippen molar-refractivity contribution in [3.05, 3.63) is 28.8 Å². The normalized spacial score (nSPS) is 23.8. The molecule has 2 aliphatic rings. The molecule has 2 saturated heterocycles. The van der Waals surface area contributed by atoms with E-state index in [0.29, 0.717) is 10.7 Å². The van der Waals surface area contributed by atoms with Crippen LogP contribution in [0.15, 0.2) is 18.2 Å². The molecular formula is C17H22ClN3O2. The van der Waals surface area contributed by atoms with Gasteiger partial charge in [-0.1, -0.05) is 24.6 Å². The van der Waals surface area contributed by atoms with Crippen molar-refractivity contribution in [3.63, 3.8) is 0 Å². The fourth-order valence-corrected chi connectivity index (χ4v) is 3.46. The van der Waals surface area contributed by atoms with Crippen molar-refractivity contribution < 1.29 is 9.59 Å². The van der Waals surface area contributed by atoms with Gasteiger partial charge in [0.05, 0.1) is 18.2 Å². The molecule has 2 aliphatic heterocycles. The quantitative estimate of drug-likeness (QED) is 0.792. The Morgan fingerprint density at radius 1 is 1.17 bits per heavy atom. The SMILES string of the molecule is CCN1CCN([C@H]2CC(=O)N(c3ccc(C)c(Cl)c3)C2=O)CC1. The average Bonchev–Trinajstić information content (AvgIpc) is 2.85. The number of halogens is 1. The summed E-state index contributed by atoms with van der Waals surface area (Å²) in [6, 6.07) is 4.99. The van der Waals surface area contributed by atoms with Crippen molar-refractivity contribution >= 4 is 29.1 Å². The maximum atomic E-state index is 12.8. The molecule has 0 unspecified atom stereocenters. The molecule has 3 rings (SSSR count). The van der Waals surface area contributed by atoms with Gasteiger partial charge in [0, 0.05) is 31.2 Å². The van der Waals surface area contributed by atoms with Gasteiger partial charge in [0.15, 0.2) is 0 Å². The van der Waals surface area contributed by atoms with E-state index in [-0.39, 0.29) is 24.3 Å². The van der Waals surface area contributed by atoms with Crippen LogP contribution in [0.5, 0.6) is 0 Å². The Hall–Kier alpha value is -1.43. The van der Waals surface area contributed by atoms with Gasteiger partial charge in [-0.25, -0.2) is 4.90 Å². The number of aryl methyl sites for hydroxylation is 1. The van der Waals surface area contributed by atoms with E-state index < -0.39 is 0 Å². The van der Waals surface area contributed by atoms with Gasteiger partial charge in [0.25, 0.3) is 5.91 Å². The van der Waals surface area contributed by atoms with Crippen LogP contribution in [0.25, 0.3) is 0 Å². The standard InChI is InChI=1S/C17H22ClN3O2/c1-3-19-6-8-20(9-7-19)15-11-16(22)21(17(15)23)13-5-4-12(2)14(18)10-13/h4-5,10,15H,3,6-9,11H2,1-2H3/t15-/m0/s1. The molecule has 0 radical (unpaired) electrons. The predicted molar refractivity (Wildman–Crippen MR) is 90.8 cm³/mol. The van der Waals surface area contributed by atoms with E-state index in [9.17, 15) is 9.59 Å². The number of hydrogen-bond acceptors (Lipinski definition) is 4. The lowest BCUT2D eigenvalue weighted by Crippen LogP contribution is -2.52. The lowest BCUT2D eigenvalue weighted by Gasteiger charge is -2.36. The number of imide groups is 1. The Balaban J connectivity index is 1.76. The highest BCUT2D eigenvalue weighted by atomic mass is 35.5. The maximum Gasteiger partial charge on any atom is 0.251 e. The van der Waals surface area contributed by atoms with Gasteiger partial charge in [-0.2, -0.15) is 0 Å². The highest BCUT2D eigenvalue weighted by Crippen LogP contribution is 2.29. The van der Waals surface area contributed by atoms with Crippen LogP contribution < -0.4 is 4.90 Å². The van der Waals surface area contributed by atoms with Crippen LogP contribution in [0.4, 0.5) is 5.69 Å². The minimum atomic E-state index is -0.332. The average molecular weight is 336 g/mol. The van der Waals surface area contributed by atoms with Gasteiger partial charge in [-0.3, -0.25) is 14.5 Å². The Bertz CT molecular complexity index is 626. The zero-order valence-corrected chi connectivity index (χ0v) is 14.3. The first-order valence-electron chi connectivity index (χ1n) is 8.10. The number of nitrogens with zero attached hydrogens (tertiary/aromatic N) is 3. The van der Waals surface area contributed by atoms with Crippen molar-refractivity contribution in [1.29, 1.82) is 0 Å². The van der Waals surface area contributed by atoms with E-state index in [2.05, 4.69) is 16.7 Å². The summed E-state index contributed by atoms with van der Waals surface area (Å²) in [4.78, 5) is 30.9. The largest absolute Gasteiger partial charge is 0.301 e. The van der Waals surface area contributed by atoms with Crippen molar-refractivity contribution in [2.75, 3.05) is 37.6 Å². The third-order valence-corrected chi connectivity index (χ3v) is 5.24. The summed E-state index contributed by atoms with van der Waals surface area (Å²) in [5.41, 5.74) is 1.51. The second-order valence-electron chi connectivity index (χ2n) is 6.19. The minimum Gasteiger partial charge on any atom is -0.301 e. The van der Waals surface area contributed by atoms with Crippen LogP contribution >= 0.6 is 11.6 Å². The van der Waals surface area contributed by atoms with E-state index in [1.807, 2.05) is 13.0 Å². The number of carbonyl (C=O) groups is 2. The third-order valence-electron chi connectivity index (χ3n) is 4.83. The topological polar surface area (TPSA) is 43.9 Å². The number of benzene rings is 1. The molecule has 0 saturated carbocycles. The van der Waals surface area contributed by atoms with Crippen LogP contribution in [0.1, 0.15) is 18.9 Å². The van der Waals surface area contributed by atoms with Gasteiger partial charge in [-0.05, 0) is 31.2 Å². The van der Waals surface area contributed by atoms with Crippen LogP contribution in [-0.2, 0) is 9.59 Å². The van der Waals surface area contributed by atoms with E-state index in [1.54, 1.807) is 12.1 Å². The molecule has 6 heteroatoms. The fraction of sp³-hybridized carbons (Fsp3) is 0.529. The summed E-state index contributed by atoms with van der Waals surface area (Å²) in [5.74, 6) is -0.266. The molecule has 0 N–H and O–H groups in total. The summed E-state index contributed by atoms with van der Waals surface area (Å²) in [5, 5.41) is 0.572. The fourth-order valence-electron chi connectivity index (χ4n) is 3.28. The van der Waals surface area contributed by atoms with E-state index in [4.69, 9.17) is 11.6 Å². The highest BCUT2D eigenvalue weighted by Gasteiger charge is 2.43. The van der Waals surface area contributed by atoms with E-state index in [0.717, 1.165) is 38.3 Å². The predicted octanol–water partition coefficient (Wildman–Crippen LogP) is 1.92. The highest BCUT2D eigenvalue weighted by molar-refractivity contribution is 6.32. The first kappa shape index (κ1) is 16.4. The Morgan fingerprint density at radius 2 is 1.87 bits per heavy atom. The summed E-state index contributed by atoms with van der Waals surface area (Å²) >= 11 is 6.14. The minimum absolute atomic E-state index is 0.125. The Kier molecular flexibility index (Phi) is 4.71. The van der Waals surface area contributed by atoms with Crippen molar-refractivity contribution in [3.8, 4) is 0 Å². The smallest absolute Gasteiger partial charge is 0.251 e. The summed E-state index contributed by atoms with van der Waals surface area (Å²) in [6.07, 6.45) is 0.260. The molecule has 0 spiro atoms. The van der Waals surface area contributed by atoms with Crippen LogP contribution in [0, 0.1) is 6.92 Å². The number of likely N-dealkylation sites (N-methyl/N-ethyl adjacent to an activating group) is 1. The molecule has 2 amide bonds. The van der Waals surface area contributed by atoms with Crippen LogP contribution in [-0.4, -0.2) is 60.4 Å². The number of amides is 2. The molecule has 1 aromatic rings. The molecule has 2 fully saturated rings. The lowest BCUT2D eigenvalue weighted by atomic mass is 10.1. The molecule has 0 aliphatic carbocycles. The van der Waals surface area contributed by atoms with Gasteiger partial charge < -0.3 is 4.90 Å². The van der Waals surface area contributed by atoms with E-state index in [1.165, 1.54) is 4.90 Å². The number of piperazine rings is 1. The molecule has 23 heavy (non-hydrogen) atoms. The monoisotopic (exact) mass is 335 g/mol. The second-order valence-corrected chi connectivity index (χ2v) is 6.60. The van der Waals surface area contributed by atoms with Gasteiger partial charge in [0.1, 0.15) is 0 Å². The Labute approximate surface area is 141 Å². The molecule has 0 aromatic heterocycles. The summed E-state index contributed by atoms with van der Waals surface area (Å²) in [7, 11) is 0. The number of rotatable bonds is 3. The molecule has 2 heterocycles. The second kappa shape index (κ2) is 6.59. The summed E-state index contributed by atoms with van der Waals surface area (Å²) < 4.78 is 0. The number of anilines is 1. The number of hydrogen-bond donors (Lipinski definition) is 0. The van der Waals surface area contributed by atoms with Gasteiger partial charge >= 0.3 is 0 Å². The van der Waals surface area contributed by atoms with Gasteiger partial charge in [-0.15, -0.1) is 0 Å². The molecule has 1 atom stereocenters. The zero-order chi connectivity index (χ0) is 16.6.